The summed E-state index contributed by atoms with van der Waals surface area (Å²) in [6.45, 7) is 2.99. The Bertz CT molecular complexity index is 685. The van der Waals surface area contributed by atoms with Crippen LogP contribution >= 0.6 is 15.9 Å². The number of nitrogens with one attached hydrogen (secondary N) is 1. The molecule has 27 heavy (non-hydrogen) atoms. The van der Waals surface area contributed by atoms with E-state index in [0.717, 1.165) is 47.3 Å². The summed E-state index contributed by atoms with van der Waals surface area (Å²) in [5, 5.41) is 4.79. The highest BCUT2D eigenvalue weighted by Crippen LogP contribution is 2.32. The second-order valence-electron chi connectivity index (χ2n) is 6.90. The molecule has 1 N–H and O–H groups in total. The van der Waals surface area contributed by atoms with E-state index in [0.29, 0.717) is 0 Å². The highest BCUT2D eigenvalue weighted by atomic mass is 79.9. The van der Waals surface area contributed by atoms with Crippen LogP contribution in [0.2, 0.25) is 0 Å². The van der Waals surface area contributed by atoms with E-state index in [-0.39, 0.29) is 0 Å². The van der Waals surface area contributed by atoms with Crippen molar-refractivity contribution in [2.75, 3.05) is 11.9 Å². The molecule has 146 valence electrons. The fourth-order valence-corrected chi connectivity index (χ4v) is 3.51. The number of nitrogens with zero attached hydrogens (tertiary/aromatic N) is 1. The molecule has 0 bridgehead atoms. The minimum Gasteiger partial charge on any atom is -0.494 e. The van der Waals surface area contributed by atoms with E-state index < -0.39 is 0 Å². The Morgan fingerprint density at radius 1 is 0.926 bits per heavy atom. The van der Waals surface area contributed by atoms with Crippen molar-refractivity contribution >= 4 is 21.6 Å². The van der Waals surface area contributed by atoms with Crippen molar-refractivity contribution in [3.8, 4) is 16.9 Å². The molecule has 0 amide bonds. The van der Waals surface area contributed by atoms with Crippen LogP contribution in [0.3, 0.4) is 0 Å². The molecule has 0 atom stereocenters. The standard InChI is InChI=1S/C23H31BrN2O/c1-2-3-6-9-19-10-15-23(26-25)22(18-19)20-11-13-21(14-12-20)27-17-8-5-4-7-16-24/h10-15,18,25H,2-9,16-17H2,1H3. The number of halogens is 1. The minimum absolute atomic E-state index is 0.717. The van der Waals surface area contributed by atoms with Gasteiger partial charge in [0, 0.05) is 10.9 Å². The molecule has 0 radical (unpaired) electrons. The van der Waals surface area contributed by atoms with Gasteiger partial charge in [0.1, 0.15) is 5.75 Å². The Kier molecular flexibility index (Phi) is 10.1. The SMILES string of the molecule is CCCCCc1ccc(N=N)c(-c2ccc(OCCCCCCBr)cc2)c1. The van der Waals surface area contributed by atoms with Gasteiger partial charge >= 0.3 is 0 Å². The van der Waals surface area contributed by atoms with E-state index in [1.54, 1.807) is 0 Å². The van der Waals surface area contributed by atoms with Gasteiger partial charge in [0.05, 0.1) is 12.3 Å². The fourth-order valence-electron chi connectivity index (χ4n) is 3.12. The van der Waals surface area contributed by atoms with E-state index in [9.17, 15) is 0 Å². The van der Waals surface area contributed by atoms with Gasteiger partial charge in [-0.15, -0.1) is 0 Å². The Labute approximate surface area is 172 Å². The average Bonchev–Trinajstić information content (AvgIpc) is 2.71. The third kappa shape index (κ3) is 7.45. The first-order valence-electron chi connectivity index (χ1n) is 10.1. The molecule has 0 aliphatic rings. The molecular formula is C23H31BrN2O. The topological polar surface area (TPSA) is 45.4 Å². The van der Waals surface area contributed by atoms with Crippen LogP contribution in [-0.4, -0.2) is 11.9 Å². The maximum atomic E-state index is 7.47. The maximum absolute atomic E-state index is 7.47. The molecule has 0 saturated heterocycles. The zero-order valence-electron chi connectivity index (χ0n) is 16.3. The van der Waals surface area contributed by atoms with Crippen LogP contribution in [0.15, 0.2) is 47.6 Å². The smallest absolute Gasteiger partial charge is 0.119 e. The first kappa shape index (κ1) is 21.6. The summed E-state index contributed by atoms with van der Waals surface area (Å²) in [6, 6.07) is 14.4. The monoisotopic (exact) mass is 430 g/mol. The van der Waals surface area contributed by atoms with Gasteiger partial charge in [-0.05, 0) is 61.1 Å². The molecule has 2 aromatic rings. The summed E-state index contributed by atoms with van der Waals surface area (Å²) >= 11 is 3.46. The van der Waals surface area contributed by atoms with Gasteiger partial charge in [-0.1, -0.05) is 66.7 Å². The number of ether oxygens (including phenoxy) is 1. The summed E-state index contributed by atoms with van der Waals surface area (Å²) in [5.41, 5.74) is 11.6. The first-order chi connectivity index (χ1) is 13.3. The number of hydrogen-bond donors (Lipinski definition) is 1. The number of aryl methyl sites for hydroxylation is 1. The summed E-state index contributed by atoms with van der Waals surface area (Å²) < 4.78 is 5.85. The number of alkyl halides is 1. The molecule has 2 rings (SSSR count). The Balaban J connectivity index is 1.98. The van der Waals surface area contributed by atoms with Gasteiger partial charge < -0.3 is 4.74 Å². The van der Waals surface area contributed by atoms with E-state index in [1.807, 2.05) is 18.2 Å². The molecule has 0 aliphatic heterocycles. The summed E-state index contributed by atoms with van der Waals surface area (Å²) in [7, 11) is 0. The van der Waals surface area contributed by atoms with Crippen LogP contribution in [0, 0.1) is 5.53 Å². The fraction of sp³-hybridized carbons (Fsp3) is 0.478. The number of rotatable bonds is 13. The lowest BCUT2D eigenvalue weighted by atomic mass is 9.98. The van der Waals surface area contributed by atoms with Gasteiger partial charge in [0.15, 0.2) is 0 Å². The van der Waals surface area contributed by atoms with Crippen molar-refractivity contribution in [3.05, 3.63) is 48.0 Å². The summed E-state index contributed by atoms with van der Waals surface area (Å²) in [4.78, 5) is 0. The molecule has 0 unspecified atom stereocenters. The zero-order chi connectivity index (χ0) is 19.3. The molecule has 3 nitrogen and oxygen atoms in total. The molecule has 2 aromatic carbocycles. The molecule has 0 aliphatic carbocycles. The van der Waals surface area contributed by atoms with Crippen molar-refractivity contribution in [1.82, 2.24) is 0 Å². The van der Waals surface area contributed by atoms with Crippen LogP contribution in [0.25, 0.3) is 11.1 Å². The van der Waals surface area contributed by atoms with Crippen LogP contribution < -0.4 is 4.74 Å². The van der Waals surface area contributed by atoms with Gasteiger partial charge in [0.25, 0.3) is 0 Å². The van der Waals surface area contributed by atoms with Crippen LogP contribution in [0.5, 0.6) is 5.75 Å². The zero-order valence-corrected chi connectivity index (χ0v) is 17.9. The Morgan fingerprint density at radius 2 is 1.70 bits per heavy atom. The van der Waals surface area contributed by atoms with E-state index in [1.165, 1.54) is 44.1 Å². The minimum atomic E-state index is 0.717. The average molecular weight is 431 g/mol. The van der Waals surface area contributed by atoms with E-state index in [4.69, 9.17) is 10.3 Å². The quantitative estimate of drug-likeness (QED) is 0.194. The second-order valence-corrected chi connectivity index (χ2v) is 7.69. The molecule has 4 heteroatoms. The van der Waals surface area contributed by atoms with Gasteiger partial charge in [-0.25, -0.2) is 5.53 Å². The lowest BCUT2D eigenvalue weighted by Gasteiger charge is -2.10. The van der Waals surface area contributed by atoms with Gasteiger partial charge in [-0.2, -0.15) is 5.11 Å². The van der Waals surface area contributed by atoms with Gasteiger partial charge in [0.2, 0.25) is 0 Å². The van der Waals surface area contributed by atoms with Crippen molar-refractivity contribution < 1.29 is 4.74 Å². The lowest BCUT2D eigenvalue weighted by Crippen LogP contribution is -1.97. The van der Waals surface area contributed by atoms with Crippen molar-refractivity contribution in [2.45, 2.75) is 58.3 Å². The van der Waals surface area contributed by atoms with Crippen molar-refractivity contribution in [1.29, 1.82) is 5.53 Å². The van der Waals surface area contributed by atoms with Crippen LogP contribution in [0.4, 0.5) is 5.69 Å². The molecule has 0 aromatic heterocycles. The highest BCUT2D eigenvalue weighted by molar-refractivity contribution is 9.09. The van der Waals surface area contributed by atoms with Crippen LogP contribution in [0.1, 0.15) is 57.4 Å². The Morgan fingerprint density at radius 3 is 2.41 bits per heavy atom. The summed E-state index contributed by atoms with van der Waals surface area (Å²) in [6.07, 6.45) is 9.55. The third-order valence-corrected chi connectivity index (χ3v) is 5.27. The molecule has 0 spiro atoms. The number of benzene rings is 2. The Hall–Kier alpha value is -1.68. The van der Waals surface area contributed by atoms with Crippen molar-refractivity contribution in [2.24, 2.45) is 5.11 Å². The van der Waals surface area contributed by atoms with Gasteiger partial charge in [-0.3, -0.25) is 0 Å². The third-order valence-electron chi connectivity index (χ3n) is 4.71. The van der Waals surface area contributed by atoms with Crippen LogP contribution in [-0.2, 0) is 6.42 Å². The highest BCUT2D eigenvalue weighted by Gasteiger charge is 2.07. The molecule has 0 saturated carbocycles. The summed E-state index contributed by atoms with van der Waals surface area (Å²) in [5.74, 6) is 0.905. The molecule has 0 heterocycles. The van der Waals surface area contributed by atoms with Crippen molar-refractivity contribution in [3.63, 3.8) is 0 Å². The lowest BCUT2D eigenvalue weighted by molar-refractivity contribution is 0.305. The second kappa shape index (κ2) is 12.7. The molecular weight excluding hydrogens is 400 g/mol. The van der Waals surface area contributed by atoms with E-state index >= 15 is 0 Å². The largest absolute Gasteiger partial charge is 0.494 e. The van der Waals surface area contributed by atoms with E-state index in [2.05, 4.69) is 52.2 Å². The predicted molar refractivity (Wildman–Crippen MR) is 118 cm³/mol. The molecule has 0 fully saturated rings. The number of unbranched alkanes of at least 4 members (excludes halogenated alkanes) is 5. The first-order valence-corrected chi connectivity index (χ1v) is 11.2. The predicted octanol–water partition coefficient (Wildman–Crippen LogP) is 8.08. The normalized spacial score (nSPS) is 10.7. The number of hydrogen-bond acceptors (Lipinski definition) is 3. The maximum Gasteiger partial charge on any atom is 0.119 e.